The van der Waals surface area contributed by atoms with Crippen LogP contribution in [0, 0.1) is 23.2 Å². The lowest BCUT2D eigenvalue weighted by Crippen LogP contribution is -2.54. The highest BCUT2D eigenvalue weighted by Gasteiger charge is 2.46. The second-order valence-corrected chi connectivity index (χ2v) is 16.3. The number of ketones is 1. The number of esters is 2. The van der Waals surface area contributed by atoms with Crippen molar-refractivity contribution in [1.29, 1.82) is 0 Å². The lowest BCUT2D eigenvalue weighted by Gasteiger charge is -2.39. The summed E-state index contributed by atoms with van der Waals surface area (Å²) in [4.78, 5) is 39.6. The van der Waals surface area contributed by atoms with Crippen molar-refractivity contribution >= 4 is 17.7 Å². The molecule has 1 rings (SSSR count). The van der Waals surface area contributed by atoms with Crippen LogP contribution in [-0.2, 0) is 30.3 Å². The average Bonchev–Trinajstić information content (AvgIpc) is 3.06. The third-order valence-corrected chi connectivity index (χ3v) is 8.97. The molecule has 1 aromatic rings. The number of carbonyl (C=O) groups is 3. The molecule has 0 heterocycles. The van der Waals surface area contributed by atoms with Gasteiger partial charge in [0.15, 0.2) is 0 Å². The minimum atomic E-state index is -1.38. The van der Waals surface area contributed by atoms with Gasteiger partial charge < -0.3 is 24.4 Å². The molecular formula is C44H71NO8. The Bertz CT molecular complexity index is 1300. The Morgan fingerprint density at radius 3 is 1.98 bits per heavy atom. The first-order valence-electron chi connectivity index (χ1n) is 19.8. The molecule has 0 fully saturated rings. The van der Waals surface area contributed by atoms with Crippen LogP contribution in [0.15, 0.2) is 36.4 Å². The monoisotopic (exact) mass is 742 g/mol. The summed E-state index contributed by atoms with van der Waals surface area (Å²) in [7, 11) is 0. The predicted octanol–water partition coefficient (Wildman–Crippen LogP) is 8.42. The van der Waals surface area contributed by atoms with Gasteiger partial charge in [0.25, 0.3) is 0 Å². The van der Waals surface area contributed by atoms with Gasteiger partial charge >= 0.3 is 11.9 Å². The number of nitrogens with one attached hydrogen (secondary N) is 1. The zero-order valence-electron chi connectivity index (χ0n) is 34.4. The topological polar surface area (TPSA) is 131 Å². The summed E-state index contributed by atoms with van der Waals surface area (Å²) in [6, 6.07) is 6.33. The van der Waals surface area contributed by atoms with Crippen LogP contribution in [0.4, 0.5) is 0 Å². The van der Waals surface area contributed by atoms with Gasteiger partial charge in [-0.2, -0.15) is 0 Å². The average molecular weight is 742 g/mol. The molecule has 0 aliphatic rings. The summed E-state index contributed by atoms with van der Waals surface area (Å²) in [6.45, 7) is 16.2. The zero-order valence-corrected chi connectivity index (χ0v) is 34.4. The fourth-order valence-corrected chi connectivity index (χ4v) is 5.97. The Morgan fingerprint density at radius 1 is 0.849 bits per heavy atom. The minimum absolute atomic E-state index is 0.0310. The van der Waals surface area contributed by atoms with Crippen molar-refractivity contribution in [1.82, 2.24) is 5.32 Å². The summed E-state index contributed by atoms with van der Waals surface area (Å²) >= 11 is 0. The number of hydrogen-bond donors (Lipinski definition) is 3. The van der Waals surface area contributed by atoms with Crippen molar-refractivity contribution in [2.75, 3.05) is 13.2 Å². The van der Waals surface area contributed by atoms with Gasteiger partial charge in [0, 0.05) is 25.4 Å². The molecule has 4 atom stereocenters. The molecule has 0 radical (unpaired) electrons. The van der Waals surface area contributed by atoms with Crippen molar-refractivity contribution in [3.63, 3.8) is 0 Å². The summed E-state index contributed by atoms with van der Waals surface area (Å²) in [5, 5.41) is 25.1. The van der Waals surface area contributed by atoms with E-state index in [0.29, 0.717) is 30.8 Å². The van der Waals surface area contributed by atoms with Gasteiger partial charge in [-0.1, -0.05) is 75.7 Å². The molecule has 0 saturated heterocycles. The number of aliphatic hydroxyl groups excluding tert-OH is 2. The molecule has 0 aliphatic heterocycles. The van der Waals surface area contributed by atoms with Gasteiger partial charge in [0.2, 0.25) is 0 Å². The standard InChI is InChI=1S/C44H71NO8/c1-10-12-14-17-20-23-35(47)24-21-18-15-16-19-22-25-37(44(9,30-31-46)41(50)53-43(6,7)8)39(48)45-38(40(49)52-42(3,4)5)33-34-26-28-36(29-27-34)51-32-13-11-2/h22,25-29,37-39,45-46,48H,10,12,14-21,23-24,30-33H2,1-9H3/b25-22+/t37-,38+,39?,44?/m1/s1. The lowest BCUT2D eigenvalue weighted by atomic mass is 9.72. The molecule has 0 saturated carbocycles. The molecule has 9 heteroatoms. The van der Waals surface area contributed by atoms with Gasteiger partial charge in [0.05, 0.1) is 5.41 Å². The van der Waals surface area contributed by atoms with E-state index in [1.165, 1.54) is 19.3 Å². The normalized spacial score (nSPS) is 14.8. The van der Waals surface area contributed by atoms with Crippen LogP contribution in [0.3, 0.4) is 0 Å². The van der Waals surface area contributed by atoms with Crippen molar-refractivity contribution in [3.8, 4) is 17.6 Å². The van der Waals surface area contributed by atoms with E-state index in [0.717, 1.165) is 44.1 Å². The summed E-state index contributed by atoms with van der Waals surface area (Å²) in [5.74, 6) is 4.68. The van der Waals surface area contributed by atoms with Gasteiger partial charge in [-0.15, -0.1) is 5.92 Å². The van der Waals surface area contributed by atoms with Crippen molar-refractivity contribution in [2.24, 2.45) is 11.3 Å². The first kappa shape index (κ1) is 47.8. The van der Waals surface area contributed by atoms with E-state index in [2.05, 4.69) is 24.1 Å². The van der Waals surface area contributed by atoms with Gasteiger partial charge in [0.1, 0.15) is 41.6 Å². The van der Waals surface area contributed by atoms with Crippen molar-refractivity contribution < 1.29 is 38.8 Å². The maximum atomic E-state index is 13.8. The van der Waals surface area contributed by atoms with E-state index in [9.17, 15) is 24.6 Å². The fraction of sp³-hybridized carbons (Fsp3) is 0.705. The van der Waals surface area contributed by atoms with Crippen LogP contribution in [-0.4, -0.2) is 64.6 Å². The maximum absolute atomic E-state index is 13.8. The molecule has 0 aromatic heterocycles. The number of ether oxygens (including phenoxy) is 3. The van der Waals surface area contributed by atoms with Crippen LogP contribution in [0.25, 0.3) is 0 Å². The van der Waals surface area contributed by atoms with Crippen molar-refractivity contribution in [3.05, 3.63) is 42.0 Å². The quantitative estimate of drug-likeness (QED) is 0.0282. The number of benzene rings is 1. The van der Waals surface area contributed by atoms with Crippen LogP contribution >= 0.6 is 0 Å². The molecule has 0 aliphatic carbocycles. The summed E-state index contributed by atoms with van der Waals surface area (Å²) in [5.41, 5.74) is -2.10. The number of hydrogen-bond acceptors (Lipinski definition) is 9. The van der Waals surface area contributed by atoms with Crippen LogP contribution in [0.2, 0.25) is 0 Å². The molecule has 300 valence electrons. The highest BCUT2D eigenvalue weighted by molar-refractivity contribution is 5.79. The molecular weight excluding hydrogens is 670 g/mol. The number of aliphatic hydroxyl groups is 2. The second-order valence-electron chi connectivity index (χ2n) is 16.3. The van der Waals surface area contributed by atoms with Crippen LogP contribution in [0.5, 0.6) is 5.75 Å². The number of Topliss-reactive ketones (excluding diaryl/α,β-unsaturated/α-hetero) is 1. The smallest absolute Gasteiger partial charge is 0.324 e. The van der Waals surface area contributed by atoms with Crippen molar-refractivity contribution in [2.45, 2.75) is 176 Å². The molecule has 3 N–H and O–H groups in total. The molecule has 2 unspecified atom stereocenters. The maximum Gasteiger partial charge on any atom is 0.324 e. The molecule has 0 spiro atoms. The Kier molecular flexibility index (Phi) is 22.6. The Hall–Kier alpha value is -3.19. The lowest BCUT2D eigenvalue weighted by molar-refractivity contribution is -0.174. The highest BCUT2D eigenvalue weighted by Crippen LogP contribution is 2.37. The Morgan fingerprint density at radius 2 is 1.43 bits per heavy atom. The van der Waals surface area contributed by atoms with E-state index in [1.807, 2.05) is 18.2 Å². The Labute approximate surface area is 321 Å². The van der Waals surface area contributed by atoms with Gasteiger partial charge in [-0.25, -0.2) is 0 Å². The number of carbonyl (C=O) groups excluding carboxylic acids is 3. The predicted molar refractivity (Wildman–Crippen MR) is 212 cm³/mol. The van der Waals surface area contributed by atoms with E-state index < -0.39 is 46.7 Å². The Balaban J connectivity index is 3.17. The largest absolute Gasteiger partial charge is 0.481 e. The summed E-state index contributed by atoms with van der Waals surface area (Å²) in [6.07, 6.45) is 14.0. The number of allylic oxidation sites excluding steroid dienone is 1. The SMILES string of the molecule is CC#CCOc1ccc(C[C@H](NC(O)[C@@H](/C=C/CCCCCCC(=O)CCCCCCC)C(C)(CCO)C(=O)OC(C)(C)C)C(=O)OC(C)(C)C)cc1. The molecule has 53 heavy (non-hydrogen) atoms. The van der Waals surface area contributed by atoms with Gasteiger partial charge in [-0.3, -0.25) is 19.7 Å². The molecule has 9 nitrogen and oxygen atoms in total. The van der Waals surface area contributed by atoms with Gasteiger partial charge in [-0.05, 0) is 112 Å². The molecule has 0 amide bonds. The summed E-state index contributed by atoms with van der Waals surface area (Å²) < 4.78 is 17.2. The third kappa shape index (κ3) is 20.7. The molecule has 1 aromatic carbocycles. The fourth-order valence-electron chi connectivity index (χ4n) is 5.97. The number of unbranched alkanes of at least 4 members (excludes halogenated alkanes) is 8. The second kappa shape index (κ2) is 25.0. The minimum Gasteiger partial charge on any atom is -0.481 e. The van der Waals surface area contributed by atoms with E-state index in [-0.39, 0.29) is 26.1 Å². The van der Waals surface area contributed by atoms with Crippen LogP contribution in [0.1, 0.15) is 151 Å². The van der Waals surface area contributed by atoms with E-state index in [4.69, 9.17) is 14.2 Å². The number of rotatable bonds is 26. The van der Waals surface area contributed by atoms with E-state index in [1.54, 1.807) is 73.6 Å². The first-order chi connectivity index (χ1) is 25.0. The van der Waals surface area contributed by atoms with E-state index >= 15 is 0 Å². The zero-order chi connectivity index (χ0) is 39.9. The highest BCUT2D eigenvalue weighted by atomic mass is 16.6. The molecule has 0 bridgehead atoms. The third-order valence-electron chi connectivity index (χ3n) is 8.97. The first-order valence-corrected chi connectivity index (χ1v) is 19.8. The van der Waals surface area contributed by atoms with Crippen LogP contribution < -0.4 is 10.1 Å².